The van der Waals surface area contributed by atoms with Crippen LogP contribution in [0.25, 0.3) is 11.0 Å². The van der Waals surface area contributed by atoms with E-state index in [0.717, 1.165) is 17.0 Å². The molecular formula is C10H15N3. The van der Waals surface area contributed by atoms with Gasteiger partial charge in [-0.25, -0.2) is 4.98 Å². The van der Waals surface area contributed by atoms with Gasteiger partial charge in [0.25, 0.3) is 0 Å². The molecule has 2 rings (SSSR count). The molecule has 1 aromatic heterocycles. The molecule has 0 radical (unpaired) electrons. The fraction of sp³-hybridized carbons (Fsp3) is 0.300. The fourth-order valence-electron chi connectivity index (χ4n) is 1.29. The monoisotopic (exact) mass is 177 g/mol. The summed E-state index contributed by atoms with van der Waals surface area (Å²) in [5.41, 5.74) is 2.08. The Labute approximate surface area is 78.7 Å². The number of hydrogen-bond donors (Lipinski definition) is 2. The summed E-state index contributed by atoms with van der Waals surface area (Å²) in [7, 11) is 0. The number of anilines is 1. The number of rotatable bonds is 2. The fourth-order valence-corrected chi connectivity index (χ4v) is 1.29. The molecule has 3 nitrogen and oxygen atoms in total. The maximum atomic E-state index is 4.39. The third kappa shape index (κ3) is 1.64. The number of H-pyrrole nitrogens is 1. The van der Waals surface area contributed by atoms with Crippen LogP contribution in [0.3, 0.4) is 0 Å². The van der Waals surface area contributed by atoms with Gasteiger partial charge in [0.1, 0.15) is 0 Å². The third-order valence-electron chi connectivity index (χ3n) is 1.81. The highest BCUT2D eigenvalue weighted by atomic mass is 15.1. The molecule has 1 heterocycles. The standard InChI is InChI=1S/C10H13N3.H2/c1-7(2)11-10-12-8-5-3-4-6-9(8)13-10;/h3-7H,1-2H3,(H2,11,12,13);1H. The molecule has 2 aromatic rings. The summed E-state index contributed by atoms with van der Waals surface area (Å²) in [6, 6.07) is 8.41. The summed E-state index contributed by atoms with van der Waals surface area (Å²) in [4.78, 5) is 7.59. The lowest BCUT2D eigenvalue weighted by Gasteiger charge is -2.04. The van der Waals surface area contributed by atoms with Gasteiger partial charge in [-0.1, -0.05) is 12.1 Å². The van der Waals surface area contributed by atoms with Crippen molar-refractivity contribution in [2.75, 3.05) is 5.32 Å². The second-order valence-electron chi connectivity index (χ2n) is 3.40. The Morgan fingerprint density at radius 2 is 2.15 bits per heavy atom. The minimum Gasteiger partial charge on any atom is -0.354 e. The van der Waals surface area contributed by atoms with Crippen LogP contribution in [-0.4, -0.2) is 16.0 Å². The molecule has 0 bridgehead atoms. The summed E-state index contributed by atoms with van der Waals surface area (Å²) < 4.78 is 0. The van der Waals surface area contributed by atoms with E-state index < -0.39 is 0 Å². The van der Waals surface area contributed by atoms with Gasteiger partial charge in [-0.15, -0.1) is 0 Å². The van der Waals surface area contributed by atoms with E-state index >= 15 is 0 Å². The van der Waals surface area contributed by atoms with Crippen molar-refractivity contribution in [2.45, 2.75) is 19.9 Å². The van der Waals surface area contributed by atoms with Crippen LogP contribution < -0.4 is 5.32 Å². The molecule has 2 N–H and O–H groups in total. The van der Waals surface area contributed by atoms with E-state index in [0.29, 0.717) is 6.04 Å². The molecule has 0 aliphatic rings. The van der Waals surface area contributed by atoms with E-state index in [1.54, 1.807) is 0 Å². The first-order valence-corrected chi connectivity index (χ1v) is 4.47. The first kappa shape index (κ1) is 8.10. The Morgan fingerprint density at radius 1 is 1.38 bits per heavy atom. The number of imidazole rings is 1. The molecule has 0 unspecified atom stereocenters. The van der Waals surface area contributed by atoms with Crippen molar-refractivity contribution in [2.24, 2.45) is 0 Å². The molecule has 13 heavy (non-hydrogen) atoms. The molecule has 0 amide bonds. The summed E-state index contributed by atoms with van der Waals surface area (Å²) >= 11 is 0. The van der Waals surface area contributed by atoms with E-state index in [1.165, 1.54) is 0 Å². The van der Waals surface area contributed by atoms with Gasteiger partial charge in [-0.05, 0) is 26.0 Å². The zero-order chi connectivity index (χ0) is 9.26. The summed E-state index contributed by atoms with van der Waals surface area (Å²) in [6.45, 7) is 4.18. The first-order valence-electron chi connectivity index (χ1n) is 4.47. The van der Waals surface area contributed by atoms with Crippen LogP contribution in [0.2, 0.25) is 0 Å². The van der Waals surface area contributed by atoms with Gasteiger partial charge in [0, 0.05) is 7.47 Å². The van der Waals surface area contributed by atoms with Crippen LogP contribution >= 0.6 is 0 Å². The highest BCUT2D eigenvalue weighted by Crippen LogP contribution is 2.13. The maximum Gasteiger partial charge on any atom is 0.201 e. The van der Waals surface area contributed by atoms with Crippen LogP contribution in [0, 0.1) is 0 Å². The zero-order valence-corrected chi connectivity index (χ0v) is 7.83. The lowest BCUT2D eigenvalue weighted by atomic mass is 10.3. The lowest BCUT2D eigenvalue weighted by molar-refractivity contribution is 0.883. The maximum absolute atomic E-state index is 4.39. The van der Waals surface area contributed by atoms with Crippen molar-refractivity contribution in [1.29, 1.82) is 0 Å². The lowest BCUT2D eigenvalue weighted by Crippen LogP contribution is -2.10. The van der Waals surface area contributed by atoms with Gasteiger partial charge in [0.05, 0.1) is 11.0 Å². The van der Waals surface area contributed by atoms with E-state index in [-0.39, 0.29) is 1.43 Å². The molecule has 0 aliphatic carbocycles. The summed E-state index contributed by atoms with van der Waals surface area (Å²) in [5.74, 6) is 0.844. The Balaban J connectivity index is 0.000000980. The predicted molar refractivity (Wildman–Crippen MR) is 57.0 cm³/mol. The molecule has 3 heteroatoms. The SMILES string of the molecule is CC(C)Nc1nc2ccccc2[nH]1.[HH]. The van der Waals surface area contributed by atoms with Crippen LogP contribution in [-0.2, 0) is 0 Å². The van der Waals surface area contributed by atoms with Gasteiger partial charge in [0.2, 0.25) is 5.95 Å². The molecule has 70 valence electrons. The van der Waals surface area contributed by atoms with Gasteiger partial charge < -0.3 is 10.3 Å². The Bertz CT molecular complexity index is 375. The Hall–Kier alpha value is -1.51. The van der Waals surface area contributed by atoms with Crippen LogP contribution in [0.1, 0.15) is 15.3 Å². The number of fused-ring (bicyclic) bond motifs is 1. The molecule has 1 aromatic carbocycles. The highest BCUT2D eigenvalue weighted by molar-refractivity contribution is 5.77. The van der Waals surface area contributed by atoms with Crippen molar-refractivity contribution in [3.05, 3.63) is 24.3 Å². The number of para-hydroxylation sites is 2. The van der Waals surface area contributed by atoms with Crippen molar-refractivity contribution >= 4 is 17.0 Å². The minimum atomic E-state index is 0. The predicted octanol–water partition coefficient (Wildman–Crippen LogP) is 2.63. The molecule has 0 atom stereocenters. The van der Waals surface area contributed by atoms with E-state index in [4.69, 9.17) is 0 Å². The van der Waals surface area contributed by atoms with E-state index in [9.17, 15) is 0 Å². The van der Waals surface area contributed by atoms with Crippen molar-refractivity contribution in [1.82, 2.24) is 9.97 Å². The van der Waals surface area contributed by atoms with Crippen LogP contribution in [0.5, 0.6) is 0 Å². The zero-order valence-electron chi connectivity index (χ0n) is 7.83. The van der Waals surface area contributed by atoms with Crippen molar-refractivity contribution < 1.29 is 1.43 Å². The number of benzene rings is 1. The molecule has 0 fully saturated rings. The van der Waals surface area contributed by atoms with Crippen molar-refractivity contribution in [3.8, 4) is 0 Å². The smallest absolute Gasteiger partial charge is 0.201 e. The van der Waals surface area contributed by atoms with Gasteiger partial charge in [-0.3, -0.25) is 0 Å². The average molecular weight is 177 g/mol. The molecule has 0 saturated heterocycles. The second kappa shape index (κ2) is 3.09. The molecule has 0 saturated carbocycles. The largest absolute Gasteiger partial charge is 0.354 e. The second-order valence-corrected chi connectivity index (χ2v) is 3.40. The van der Waals surface area contributed by atoms with Gasteiger partial charge in [-0.2, -0.15) is 0 Å². The topological polar surface area (TPSA) is 40.7 Å². The van der Waals surface area contributed by atoms with E-state index in [1.807, 2.05) is 24.3 Å². The van der Waals surface area contributed by atoms with E-state index in [2.05, 4.69) is 29.1 Å². The third-order valence-corrected chi connectivity index (χ3v) is 1.81. The highest BCUT2D eigenvalue weighted by Gasteiger charge is 2.01. The van der Waals surface area contributed by atoms with Gasteiger partial charge >= 0.3 is 0 Å². The summed E-state index contributed by atoms with van der Waals surface area (Å²) in [6.07, 6.45) is 0. The van der Waals surface area contributed by atoms with Crippen LogP contribution in [0.4, 0.5) is 5.95 Å². The number of hydrogen-bond acceptors (Lipinski definition) is 2. The molecule has 0 aliphatic heterocycles. The number of nitrogens with zero attached hydrogens (tertiary/aromatic N) is 1. The van der Waals surface area contributed by atoms with Crippen molar-refractivity contribution in [3.63, 3.8) is 0 Å². The Kier molecular flexibility index (Phi) is 1.93. The average Bonchev–Trinajstić information content (AvgIpc) is 2.44. The molecule has 0 spiro atoms. The van der Waals surface area contributed by atoms with Gasteiger partial charge in [0.15, 0.2) is 0 Å². The summed E-state index contributed by atoms with van der Waals surface area (Å²) in [5, 5.41) is 3.23. The number of nitrogens with one attached hydrogen (secondary N) is 2. The Morgan fingerprint density at radius 3 is 2.85 bits per heavy atom. The normalized spacial score (nSPS) is 11.0. The molecular weight excluding hydrogens is 162 g/mol. The minimum absolute atomic E-state index is 0. The number of aromatic nitrogens is 2. The number of aromatic amines is 1. The van der Waals surface area contributed by atoms with Crippen LogP contribution in [0.15, 0.2) is 24.3 Å². The quantitative estimate of drug-likeness (QED) is 0.740. The first-order chi connectivity index (χ1) is 6.25.